The smallest absolute Gasteiger partial charge is 0.226 e. The lowest BCUT2D eigenvalue weighted by molar-refractivity contribution is -0.124. The molecule has 2 amide bonds. The Morgan fingerprint density at radius 1 is 0.971 bits per heavy atom. The Balaban J connectivity index is 1.51. The van der Waals surface area contributed by atoms with Gasteiger partial charge in [0.15, 0.2) is 0 Å². The zero-order valence-corrected chi connectivity index (χ0v) is 19.4. The summed E-state index contributed by atoms with van der Waals surface area (Å²) in [5.41, 5.74) is 4.12. The number of nitrogens with one attached hydrogen (secondary N) is 2. The first-order valence-corrected chi connectivity index (χ1v) is 11.3. The third-order valence-electron chi connectivity index (χ3n) is 5.23. The van der Waals surface area contributed by atoms with E-state index in [0.29, 0.717) is 17.4 Å². The molecule has 0 atom stereocenters. The maximum absolute atomic E-state index is 12.9. The van der Waals surface area contributed by atoms with Crippen LogP contribution in [0.5, 0.6) is 0 Å². The standard InChI is InChI=1S/C26H24ClN5O2/c1-18-25(20-8-3-2-4-9-20)26(32(31-18)22-11-5-10-21(27)15-22)30-24(34)13-12-23(33)29-17-19-7-6-14-28-16-19/h2-11,14-16H,12-13,17H2,1H3,(H,29,33)(H,30,34). The molecular weight excluding hydrogens is 450 g/mol. The van der Waals surface area contributed by atoms with Gasteiger partial charge in [0.2, 0.25) is 11.8 Å². The minimum absolute atomic E-state index is 0.0346. The van der Waals surface area contributed by atoms with Gasteiger partial charge in [-0.25, -0.2) is 4.68 Å². The first kappa shape index (κ1) is 23.2. The number of pyridine rings is 1. The predicted octanol–water partition coefficient (Wildman–Crippen LogP) is 4.93. The number of nitrogens with zero attached hydrogens (tertiary/aromatic N) is 3. The van der Waals surface area contributed by atoms with Gasteiger partial charge >= 0.3 is 0 Å². The van der Waals surface area contributed by atoms with Gasteiger partial charge in [-0.1, -0.05) is 54.1 Å². The molecule has 4 rings (SSSR count). The SMILES string of the molecule is Cc1nn(-c2cccc(Cl)c2)c(NC(=O)CCC(=O)NCc2cccnc2)c1-c1ccccc1. The highest BCUT2D eigenvalue weighted by atomic mass is 35.5. The molecule has 7 nitrogen and oxygen atoms in total. The Morgan fingerprint density at radius 2 is 1.76 bits per heavy atom. The number of hydrogen-bond acceptors (Lipinski definition) is 4. The second kappa shape index (κ2) is 10.8. The fourth-order valence-electron chi connectivity index (χ4n) is 3.60. The van der Waals surface area contributed by atoms with Gasteiger partial charge < -0.3 is 10.6 Å². The summed E-state index contributed by atoms with van der Waals surface area (Å²) in [6.45, 7) is 2.26. The lowest BCUT2D eigenvalue weighted by Gasteiger charge is -2.12. The molecule has 172 valence electrons. The number of hydrogen-bond donors (Lipinski definition) is 2. The van der Waals surface area contributed by atoms with E-state index < -0.39 is 0 Å². The van der Waals surface area contributed by atoms with E-state index in [1.165, 1.54) is 0 Å². The normalized spacial score (nSPS) is 10.6. The monoisotopic (exact) mass is 473 g/mol. The molecule has 2 aromatic carbocycles. The third-order valence-corrected chi connectivity index (χ3v) is 5.46. The summed E-state index contributed by atoms with van der Waals surface area (Å²) >= 11 is 6.20. The van der Waals surface area contributed by atoms with Crippen LogP contribution in [-0.2, 0) is 16.1 Å². The molecule has 0 spiro atoms. The van der Waals surface area contributed by atoms with E-state index in [-0.39, 0.29) is 24.7 Å². The first-order chi connectivity index (χ1) is 16.5. The van der Waals surface area contributed by atoms with Crippen LogP contribution in [0.2, 0.25) is 5.02 Å². The first-order valence-electron chi connectivity index (χ1n) is 10.9. The predicted molar refractivity (Wildman–Crippen MR) is 133 cm³/mol. The van der Waals surface area contributed by atoms with Crippen molar-refractivity contribution in [3.63, 3.8) is 0 Å². The molecule has 34 heavy (non-hydrogen) atoms. The van der Waals surface area contributed by atoms with Crippen LogP contribution in [0.1, 0.15) is 24.1 Å². The quantitative estimate of drug-likeness (QED) is 0.379. The van der Waals surface area contributed by atoms with Crippen LogP contribution in [0.25, 0.3) is 16.8 Å². The lowest BCUT2D eigenvalue weighted by Crippen LogP contribution is -2.24. The molecule has 2 heterocycles. The minimum atomic E-state index is -0.281. The van der Waals surface area contributed by atoms with Gasteiger partial charge in [0.1, 0.15) is 5.82 Å². The molecule has 0 aliphatic rings. The minimum Gasteiger partial charge on any atom is -0.352 e. The van der Waals surface area contributed by atoms with E-state index in [1.807, 2.05) is 61.5 Å². The van der Waals surface area contributed by atoms with Crippen molar-refractivity contribution in [3.05, 3.63) is 95.4 Å². The molecule has 0 bridgehead atoms. The van der Waals surface area contributed by atoms with Gasteiger partial charge in [0.05, 0.1) is 11.4 Å². The summed E-state index contributed by atoms with van der Waals surface area (Å²) < 4.78 is 1.67. The fourth-order valence-corrected chi connectivity index (χ4v) is 3.79. The Kier molecular flexibility index (Phi) is 7.34. The van der Waals surface area contributed by atoms with Crippen LogP contribution in [0, 0.1) is 6.92 Å². The largest absolute Gasteiger partial charge is 0.352 e. The van der Waals surface area contributed by atoms with Crippen molar-refractivity contribution in [2.45, 2.75) is 26.3 Å². The summed E-state index contributed by atoms with van der Waals surface area (Å²) in [5, 5.41) is 11.0. The van der Waals surface area contributed by atoms with Gasteiger partial charge in [0, 0.05) is 42.4 Å². The van der Waals surface area contributed by atoms with Crippen molar-refractivity contribution >= 4 is 29.2 Å². The van der Waals surface area contributed by atoms with E-state index in [9.17, 15) is 9.59 Å². The number of aryl methyl sites for hydroxylation is 1. The zero-order chi connectivity index (χ0) is 23.9. The van der Waals surface area contributed by atoms with Crippen LogP contribution >= 0.6 is 11.6 Å². The van der Waals surface area contributed by atoms with E-state index in [4.69, 9.17) is 11.6 Å². The second-order valence-electron chi connectivity index (χ2n) is 7.75. The zero-order valence-electron chi connectivity index (χ0n) is 18.7. The van der Waals surface area contributed by atoms with Crippen molar-refractivity contribution in [2.24, 2.45) is 0 Å². The number of anilines is 1. The molecule has 2 aromatic heterocycles. The molecule has 8 heteroatoms. The molecule has 4 aromatic rings. The number of aromatic nitrogens is 3. The Bertz CT molecular complexity index is 1290. The molecule has 0 fully saturated rings. The van der Waals surface area contributed by atoms with Crippen molar-refractivity contribution < 1.29 is 9.59 Å². The molecular formula is C26H24ClN5O2. The Morgan fingerprint density at radius 3 is 2.50 bits per heavy atom. The van der Waals surface area contributed by atoms with Crippen LogP contribution in [0.15, 0.2) is 79.1 Å². The van der Waals surface area contributed by atoms with E-state index in [0.717, 1.165) is 28.1 Å². The molecule has 0 radical (unpaired) electrons. The number of benzene rings is 2. The molecule has 0 unspecified atom stereocenters. The summed E-state index contributed by atoms with van der Waals surface area (Å²) in [4.78, 5) is 29.1. The average molecular weight is 474 g/mol. The number of halogens is 1. The molecule has 0 aliphatic carbocycles. The average Bonchev–Trinajstić information content (AvgIpc) is 3.18. The summed E-state index contributed by atoms with van der Waals surface area (Å²) in [6, 6.07) is 20.7. The maximum Gasteiger partial charge on any atom is 0.226 e. The fraction of sp³-hybridized carbons (Fsp3) is 0.154. The molecule has 0 saturated carbocycles. The Labute approximate surface area is 202 Å². The Hall–Kier alpha value is -3.97. The van der Waals surface area contributed by atoms with E-state index >= 15 is 0 Å². The second-order valence-corrected chi connectivity index (χ2v) is 8.19. The van der Waals surface area contributed by atoms with Gasteiger partial charge in [-0.15, -0.1) is 0 Å². The number of rotatable bonds is 8. The van der Waals surface area contributed by atoms with Gasteiger partial charge in [-0.2, -0.15) is 5.10 Å². The third kappa shape index (κ3) is 5.68. The lowest BCUT2D eigenvalue weighted by atomic mass is 10.1. The topological polar surface area (TPSA) is 88.9 Å². The highest BCUT2D eigenvalue weighted by molar-refractivity contribution is 6.30. The van der Waals surface area contributed by atoms with Crippen LogP contribution < -0.4 is 10.6 Å². The summed E-state index contributed by atoms with van der Waals surface area (Å²) in [7, 11) is 0. The number of carbonyl (C=O) groups excluding carboxylic acids is 2. The number of amides is 2. The van der Waals surface area contributed by atoms with E-state index in [2.05, 4.69) is 20.7 Å². The highest BCUT2D eigenvalue weighted by Crippen LogP contribution is 2.34. The molecule has 2 N–H and O–H groups in total. The maximum atomic E-state index is 12.9. The van der Waals surface area contributed by atoms with Crippen molar-refractivity contribution in [3.8, 4) is 16.8 Å². The van der Waals surface area contributed by atoms with Gasteiger partial charge in [-0.3, -0.25) is 14.6 Å². The van der Waals surface area contributed by atoms with Crippen molar-refractivity contribution in [1.82, 2.24) is 20.1 Å². The van der Waals surface area contributed by atoms with Gasteiger partial charge in [-0.05, 0) is 42.3 Å². The molecule has 0 aliphatic heterocycles. The summed E-state index contributed by atoms with van der Waals surface area (Å²) in [5.74, 6) is 0.0467. The summed E-state index contributed by atoms with van der Waals surface area (Å²) in [6.07, 6.45) is 3.47. The molecule has 0 saturated heterocycles. The number of carbonyl (C=O) groups is 2. The van der Waals surface area contributed by atoms with E-state index in [1.54, 1.807) is 29.2 Å². The van der Waals surface area contributed by atoms with Crippen molar-refractivity contribution in [2.75, 3.05) is 5.32 Å². The van der Waals surface area contributed by atoms with Crippen molar-refractivity contribution in [1.29, 1.82) is 0 Å². The highest BCUT2D eigenvalue weighted by Gasteiger charge is 2.20. The van der Waals surface area contributed by atoms with Crippen LogP contribution in [0.3, 0.4) is 0 Å². The van der Waals surface area contributed by atoms with Crippen LogP contribution in [0.4, 0.5) is 5.82 Å². The van der Waals surface area contributed by atoms with Gasteiger partial charge in [0.25, 0.3) is 0 Å². The van der Waals surface area contributed by atoms with Crippen LogP contribution in [-0.4, -0.2) is 26.6 Å².